The molecule has 0 saturated heterocycles. The molecule has 0 radical (unpaired) electrons. The molecule has 0 amide bonds. The predicted octanol–water partition coefficient (Wildman–Crippen LogP) is 2.42. The van der Waals surface area contributed by atoms with Crippen molar-refractivity contribution in [3.05, 3.63) is 39.9 Å². The van der Waals surface area contributed by atoms with Crippen molar-refractivity contribution in [1.29, 1.82) is 0 Å². The Morgan fingerprint density at radius 1 is 1.21 bits per heavy atom. The van der Waals surface area contributed by atoms with Crippen LogP contribution in [0.5, 0.6) is 0 Å². The topological polar surface area (TPSA) is 58.4 Å². The molecule has 0 saturated carbocycles. The second-order valence-corrected chi connectivity index (χ2v) is 4.53. The third-order valence-corrected chi connectivity index (χ3v) is 3.07. The van der Waals surface area contributed by atoms with Crippen LogP contribution in [-0.2, 0) is 6.54 Å². The molecule has 1 rings (SSSR count). The maximum absolute atomic E-state index is 10.5. The molecule has 0 heterocycles. The number of nitrogens with zero attached hydrogens (tertiary/aromatic N) is 2. The van der Waals surface area contributed by atoms with Gasteiger partial charge in [-0.15, -0.1) is 0 Å². The van der Waals surface area contributed by atoms with Crippen LogP contribution in [0.3, 0.4) is 0 Å². The molecule has 0 aromatic heterocycles. The highest BCUT2D eigenvalue weighted by atomic mass is 16.6. The number of nitrogens with one attached hydrogen (secondary N) is 1. The number of nitro groups is 1. The average molecular weight is 265 g/mol. The van der Waals surface area contributed by atoms with E-state index in [1.54, 1.807) is 24.3 Å². The maximum Gasteiger partial charge on any atom is 0.269 e. The first kappa shape index (κ1) is 15.6. The van der Waals surface area contributed by atoms with Gasteiger partial charge in [0.25, 0.3) is 5.69 Å². The second-order valence-electron chi connectivity index (χ2n) is 4.53. The lowest BCUT2D eigenvalue weighted by Crippen LogP contribution is -2.32. The van der Waals surface area contributed by atoms with Crippen molar-refractivity contribution in [2.45, 2.75) is 26.8 Å². The van der Waals surface area contributed by atoms with Crippen LogP contribution in [0.2, 0.25) is 0 Å². The Labute approximate surface area is 114 Å². The van der Waals surface area contributed by atoms with Gasteiger partial charge in [-0.1, -0.05) is 26.0 Å². The first-order valence-electron chi connectivity index (χ1n) is 6.83. The van der Waals surface area contributed by atoms with Crippen LogP contribution in [0.25, 0.3) is 0 Å². The number of benzene rings is 1. The average Bonchev–Trinajstić information content (AvgIpc) is 2.42. The first-order chi connectivity index (χ1) is 9.17. The summed E-state index contributed by atoms with van der Waals surface area (Å²) >= 11 is 0. The zero-order chi connectivity index (χ0) is 14.1. The molecule has 0 fully saturated rings. The van der Waals surface area contributed by atoms with Crippen molar-refractivity contribution >= 4 is 5.69 Å². The molecular formula is C14H23N3O2. The van der Waals surface area contributed by atoms with Crippen LogP contribution in [0.4, 0.5) is 5.69 Å². The molecule has 19 heavy (non-hydrogen) atoms. The van der Waals surface area contributed by atoms with Gasteiger partial charge in [0, 0.05) is 31.8 Å². The summed E-state index contributed by atoms with van der Waals surface area (Å²) in [7, 11) is 0. The highest BCUT2D eigenvalue weighted by Crippen LogP contribution is 2.11. The van der Waals surface area contributed by atoms with Gasteiger partial charge in [-0.05, 0) is 25.1 Å². The Morgan fingerprint density at radius 2 is 1.89 bits per heavy atom. The van der Waals surface area contributed by atoms with Gasteiger partial charge in [-0.25, -0.2) is 0 Å². The van der Waals surface area contributed by atoms with Gasteiger partial charge in [0.15, 0.2) is 0 Å². The standard InChI is InChI=1S/C14H23N3O2/c1-3-10-16(4-2)11-9-15-12-13-5-7-14(8-6-13)17(18)19/h5-8,15H,3-4,9-12H2,1-2H3. The minimum Gasteiger partial charge on any atom is -0.311 e. The molecule has 0 unspecified atom stereocenters. The number of nitro benzene ring substituents is 1. The van der Waals surface area contributed by atoms with E-state index in [2.05, 4.69) is 24.1 Å². The summed E-state index contributed by atoms with van der Waals surface area (Å²) in [5.41, 5.74) is 1.22. The monoisotopic (exact) mass is 265 g/mol. The minimum atomic E-state index is -0.374. The van der Waals surface area contributed by atoms with E-state index in [1.807, 2.05) is 0 Å². The Morgan fingerprint density at radius 3 is 2.42 bits per heavy atom. The van der Waals surface area contributed by atoms with Crippen molar-refractivity contribution in [3.63, 3.8) is 0 Å². The highest BCUT2D eigenvalue weighted by molar-refractivity contribution is 5.32. The van der Waals surface area contributed by atoms with E-state index < -0.39 is 0 Å². The largest absolute Gasteiger partial charge is 0.311 e. The smallest absolute Gasteiger partial charge is 0.269 e. The Bertz CT molecular complexity index is 379. The van der Waals surface area contributed by atoms with Crippen LogP contribution in [0, 0.1) is 10.1 Å². The SMILES string of the molecule is CCCN(CC)CCNCc1ccc([N+](=O)[O-])cc1. The molecule has 0 aliphatic rings. The van der Waals surface area contributed by atoms with Crippen molar-refractivity contribution in [3.8, 4) is 0 Å². The number of likely N-dealkylation sites (N-methyl/N-ethyl adjacent to an activating group) is 1. The van der Waals surface area contributed by atoms with E-state index in [-0.39, 0.29) is 10.6 Å². The van der Waals surface area contributed by atoms with E-state index >= 15 is 0 Å². The molecule has 1 aromatic rings. The van der Waals surface area contributed by atoms with Crippen molar-refractivity contribution in [2.75, 3.05) is 26.2 Å². The van der Waals surface area contributed by atoms with E-state index in [0.29, 0.717) is 0 Å². The quantitative estimate of drug-likeness (QED) is 0.423. The fourth-order valence-corrected chi connectivity index (χ4v) is 1.95. The van der Waals surface area contributed by atoms with Crippen LogP contribution in [0.15, 0.2) is 24.3 Å². The predicted molar refractivity (Wildman–Crippen MR) is 77.2 cm³/mol. The van der Waals surface area contributed by atoms with E-state index in [4.69, 9.17) is 0 Å². The fourth-order valence-electron chi connectivity index (χ4n) is 1.95. The highest BCUT2D eigenvalue weighted by Gasteiger charge is 2.04. The lowest BCUT2D eigenvalue weighted by atomic mass is 10.2. The van der Waals surface area contributed by atoms with Crippen LogP contribution in [-0.4, -0.2) is 36.0 Å². The van der Waals surface area contributed by atoms with E-state index in [9.17, 15) is 10.1 Å². The molecule has 0 spiro atoms. The Kier molecular flexibility index (Phi) is 7.07. The lowest BCUT2D eigenvalue weighted by molar-refractivity contribution is -0.384. The molecule has 106 valence electrons. The number of hydrogen-bond donors (Lipinski definition) is 1. The molecule has 1 N–H and O–H groups in total. The molecule has 0 bridgehead atoms. The van der Waals surface area contributed by atoms with Gasteiger partial charge < -0.3 is 10.2 Å². The summed E-state index contributed by atoms with van der Waals surface area (Å²) in [5.74, 6) is 0. The van der Waals surface area contributed by atoms with Crippen LogP contribution >= 0.6 is 0 Å². The number of rotatable bonds is 9. The third kappa shape index (κ3) is 5.81. The van der Waals surface area contributed by atoms with Crippen molar-refractivity contribution in [2.24, 2.45) is 0 Å². The third-order valence-electron chi connectivity index (χ3n) is 3.07. The minimum absolute atomic E-state index is 0.142. The number of non-ortho nitro benzene ring substituents is 1. The van der Waals surface area contributed by atoms with Crippen molar-refractivity contribution in [1.82, 2.24) is 10.2 Å². The molecule has 1 aromatic carbocycles. The van der Waals surface area contributed by atoms with E-state index in [1.165, 1.54) is 6.42 Å². The Balaban J connectivity index is 2.27. The zero-order valence-electron chi connectivity index (χ0n) is 11.8. The normalized spacial score (nSPS) is 10.9. The van der Waals surface area contributed by atoms with Crippen molar-refractivity contribution < 1.29 is 4.92 Å². The molecule has 5 nitrogen and oxygen atoms in total. The van der Waals surface area contributed by atoms with Gasteiger partial charge in [-0.3, -0.25) is 10.1 Å². The summed E-state index contributed by atoms with van der Waals surface area (Å²) in [6.45, 7) is 9.30. The molecule has 5 heteroatoms. The maximum atomic E-state index is 10.5. The number of hydrogen-bond acceptors (Lipinski definition) is 4. The molecule has 0 aliphatic heterocycles. The van der Waals surface area contributed by atoms with Gasteiger partial charge in [0.1, 0.15) is 0 Å². The summed E-state index contributed by atoms with van der Waals surface area (Å²) in [6.07, 6.45) is 1.18. The molecule has 0 atom stereocenters. The van der Waals surface area contributed by atoms with Gasteiger partial charge in [0.2, 0.25) is 0 Å². The van der Waals surface area contributed by atoms with Crippen LogP contribution in [0.1, 0.15) is 25.8 Å². The van der Waals surface area contributed by atoms with Crippen LogP contribution < -0.4 is 5.32 Å². The Hall–Kier alpha value is -1.46. The first-order valence-corrected chi connectivity index (χ1v) is 6.83. The van der Waals surface area contributed by atoms with Gasteiger partial charge >= 0.3 is 0 Å². The van der Waals surface area contributed by atoms with Gasteiger partial charge in [-0.2, -0.15) is 0 Å². The summed E-state index contributed by atoms with van der Waals surface area (Å²) < 4.78 is 0. The van der Waals surface area contributed by atoms with Gasteiger partial charge in [0.05, 0.1) is 4.92 Å². The zero-order valence-corrected chi connectivity index (χ0v) is 11.8. The molecular weight excluding hydrogens is 242 g/mol. The molecule has 0 aliphatic carbocycles. The van der Waals surface area contributed by atoms with E-state index in [0.717, 1.165) is 38.3 Å². The fraction of sp³-hybridized carbons (Fsp3) is 0.571. The summed E-state index contributed by atoms with van der Waals surface area (Å²) in [6, 6.07) is 6.70. The lowest BCUT2D eigenvalue weighted by Gasteiger charge is -2.19. The second kappa shape index (κ2) is 8.61. The summed E-state index contributed by atoms with van der Waals surface area (Å²) in [5, 5.41) is 13.9. The summed E-state index contributed by atoms with van der Waals surface area (Å²) in [4.78, 5) is 12.6.